The molecule has 5 aromatic rings. The van der Waals surface area contributed by atoms with Gasteiger partial charge in [-0.25, -0.2) is 17.6 Å². The van der Waals surface area contributed by atoms with Crippen molar-refractivity contribution in [3.63, 3.8) is 0 Å². The number of hydrogen-bond donors (Lipinski definition) is 0. The van der Waals surface area contributed by atoms with Crippen LogP contribution in [0.3, 0.4) is 0 Å². The van der Waals surface area contributed by atoms with E-state index in [0.717, 1.165) is 5.56 Å². The van der Waals surface area contributed by atoms with E-state index >= 15 is 0 Å². The predicted octanol–water partition coefficient (Wildman–Crippen LogP) is 7.32. The molecule has 0 radical (unpaired) electrons. The number of sulfonamides is 1. The third-order valence-electron chi connectivity index (χ3n) is 6.38. The van der Waals surface area contributed by atoms with E-state index in [4.69, 9.17) is 16.3 Å². The van der Waals surface area contributed by atoms with Crippen molar-refractivity contribution in [3.8, 4) is 5.75 Å². The Bertz CT molecular complexity index is 1840. The van der Waals surface area contributed by atoms with Crippen LogP contribution in [-0.2, 0) is 16.6 Å². The topological polar surface area (TPSA) is 80.8 Å². The molecular weight excluding hydrogens is 577 g/mol. The minimum atomic E-state index is -4.17. The Morgan fingerprint density at radius 1 is 0.714 bits per heavy atom. The summed E-state index contributed by atoms with van der Waals surface area (Å²) in [6.07, 6.45) is 0. The largest absolute Gasteiger partial charge is 0.423 e. The van der Waals surface area contributed by atoms with E-state index in [1.165, 1.54) is 77.1 Å². The fourth-order valence-corrected chi connectivity index (χ4v) is 6.03. The van der Waals surface area contributed by atoms with Gasteiger partial charge in [0.1, 0.15) is 11.6 Å². The molecule has 0 aliphatic heterocycles. The zero-order valence-electron chi connectivity index (χ0n) is 22.0. The summed E-state index contributed by atoms with van der Waals surface area (Å²) in [6.45, 7) is 0.0184. The summed E-state index contributed by atoms with van der Waals surface area (Å²) in [7, 11) is -4.17. The number of ether oxygens (including phenoxy) is 1. The van der Waals surface area contributed by atoms with Crippen LogP contribution >= 0.6 is 11.6 Å². The smallest absolute Gasteiger partial charge is 0.343 e. The Morgan fingerprint density at radius 2 is 1.33 bits per heavy atom. The van der Waals surface area contributed by atoms with Crippen molar-refractivity contribution in [2.24, 2.45) is 0 Å². The van der Waals surface area contributed by atoms with Gasteiger partial charge in [-0.05, 0) is 84.4 Å². The van der Waals surface area contributed by atoms with Crippen LogP contribution in [0, 0.1) is 5.82 Å². The SMILES string of the molecule is O=C(Oc1ccc(C(=O)c2ccc(F)cc2)cc1)c1cccc(S(=O)(=O)N(Cc2ccccc2)c2ccccc2Cl)c1. The number of carbonyl (C=O) groups excluding carboxylic acids is 2. The van der Waals surface area contributed by atoms with Crippen molar-refractivity contribution < 1.29 is 27.1 Å². The standard InChI is InChI=1S/C33H23ClFNO5S/c34-30-11-4-5-12-31(30)36(22-23-7-2-1-3-8-23)42(39,40)29-10-6-9-26(21-29)33(38)41-28-19-15-25(16-20-28)32(37)24-13-17-27(35)18-14-24/h1-21H,22H2. The number of nitrogens with zero attached hydrogens (tertiary/aromatic N) is 1. The van der Waals surface area contributed by atoms with Crippen molar-refractivity contribution in [3.05, 3.63) is 160 Å². The van der Waals surface area contributed by atoms with Crippen LogP contribution < -0.4 is 9.04 Å². The number of halogens is 2. The Hall–Kier alpha value is -4.79. The van der Waals surface area contributed by atoms with Crippen molar-refractivity contribution in [2.45, 2.75) is 11.4 Å². The van der Waals surface area contributed by atoms with E-state index in [2.05, 4.69) is 0 Å². The third-order valence-corrected chi connectivity index (χ3v) is 8.46. The summed E-state index contributed by atoms with van der Waals surface area (Å²) in [4.78, 5) is 25.5. The van der Waals surface area contributed by atoms with E-state index in [1.807, 2.05) is 30.3 Å². The second-order valence-electron chi connectivity index (χ2n) is 9.23. The lowest BCUT2D eigenvalue weighted by Gasteiger charge is -2.25. The summed E-state index contributed by atoms with van der Waals surface area (Å²) in [5.74, 6) is -1.38. The molecule has 0 aliphatic carbocycles. The maximum Gasteiger partial charge on any atom is 0.343 e. The Labute approximate surface area is 247 Å². The first-order valence-electron chi connectivity index (χ1n) is 12.8. The number of esters is 1. The quantitative estimate of drug-likeness (QED) is 0.101. The Morgan fingerprint density at radius 3 is 2.00 bits per heavy atom. The molecule has 5 aromatic carbocycles. The number of ketones is 1. The average Bonchev–Trinajstić information content (AvgIpc) is 3.01. The predicted molar refractivity (Wildman–Crippen MR) is 159 cm³/mol. The van der Waals surface area contributed by atoms with Crippen LogP contribution in [0.25, 0.3) is 0 Å². The molecule has 0 N–H and O–H groups in total. The van der Waals surface area contributed by atoms with Gasteiger partial charge in [0.15, 0.2) is 5.78 Å². The Balaban J connectivity index is 1.38. The second-order valence-corrected chi connectivity index (χ2v) is 11.5. The van der Waals surface area contributed by atoms with Gasteiger partial charge < -0.3 is 4.74 Å². The first-order valence-corrected chi connectivity index (χ1v) is 14.6. The van der Waals surface area contributed by atoms with Crippen LogP contribution in [0.2, 0.25) is 5.02 Å². The molecule has 0 saturated carbocycles. The lowest BCUT2D eigenvalue weighted by atomic mass is 10.0. The number of rotatable bonds is 9. The molecule has 210 valence electrons. The molecule has 42 heavy (non-hydrogen) atoms. The molecule has 5 rings (SSSR count). The lowest BCUT2D eigenvalue weighted by molar-refractivity contribution is 0.0734. The van der Waals surface area contributed by atoms with Gasteiger partial charge in [0.2, 0.25) is 0 Å². The van der Waals surface area contributed by atoms with E-state index < -0.39 is 21.8 Å². The van der Waals surface area contributed by atoms with Gasteiger partial charge in [-0.2, -0.15) is 0 Å². The van der Waals surface area contributed by atoms with Crippen LogP contribution in [0.4, 0.5) is 10.1 Å². The summed E-state index contributed by atoms with van der Waals surface area (Å²) in [5.41, 5.74) is 1.70. The van der Waals surface area contributed by atoms with Crippen LogP contribution in [0.5, 0.6) is 5.75 Å². The highest BCUT2D eigenvalue weighted by molar-refractivity contribution is 7.92. The molecule has 0 amide bonds. The lowest BCUT2D eigenvalue weighted by Crippen LogP contribution is -2.31. The van der Waals surface area contributed by atoms with Crippen molar-refractivity contribution in [2.75, 3.05) is 4.31 Å². The van der Waals surface area contributed by atoms with Gasteiger partial charge in [-0.1, -0.05) is 60.1 Å². The fraction of sp³-hybridized carbons (Fsp3) is 0.0303. The molecule has 0 fully saturated rings. The summed E-state index contributed by atoms with van der Waals surface area (Å²) < 4.78 is 47.7. The van der Waals surface area contributed by atoms with Gasteiger partial charge in [0.25, 0.3) is 10.0 Å². The number of benzene rings is 5. The van der Waals surface area contributed by atoms with Gasteiger partial charge >= 0.3 is 5.97 Å². The minimum Gasteiger partial charge on any atom is -0.423 e. The average molecular weight is 600 g/mol. The number of para-hydroxylation sites is 1. The maximum atomic E-state index is 13.9. The summed E-state index contributed by atoms with van der Waals surface area (Å²) >= 11 is 6.41. The number of carbonyl (C=O) groups is 2. The highest BCUT2D eigenvalue weighted by atomic mass is 35.5. The summed E-state index contributed by atoms with van der Waals surface area (Å²) in [6, 6.07) is 32.3. The number of anilines is 1. The fourth-order valence-electron chi connectivity index (χ4n) is 4.22. The van der Waals surface area contributed by atoms with Gasteiger partial charge in [0.05, 0.1) is 27.7 Å². The molecule has 9 heteroatoms. The van der Waals surface area contributed by atoms with Crippen LogP contribution in [-0.4, -0.2) is 20.2 Å². The van der Waals surface area contributed by atoms with E-state index in [-0.39, 0.29) is 33.6 Å². The zero-order valence-corrected chi connectivity index (χ0v) is 23.6. The normalized spacial score (nSPS) is 11.1. The van der Waals surface area contributed by atoms with Crippen LogP contribution in [0.1, 0.15) is 31.8 Å². The van der Waals surface area contributed by atoms with Crippen molar-refractivity contribution in [1.29, 1.82) is 0 Å². The molecule has 0 aromatic heterocycles. The van der Waals surface area contributed by atoms with Crippen molar-refractivity contribution in [1.82, 2.24) is 0 Å². The van der Waals surface area contributed by atoms with E-state index in [9.17, 15) is 22.4 Å². The molecular formula is C33H23ClFNO5S. The van der Waals surface area contributed by atoms with Crippen molar-refractivity contribution >= 4 is 39.1 Å². The molecule has 0 aliphatic rings. The highest BCUT2D eigenvalue weighted by Gasteiger charge is 2.28. The van der Waals surface area contributed by atoms with Gasteiger partial charge in [-0.15, -0.1) is 0 Å². The molecule has 0 heterocycles. The molecule has 0 bridgehead atoms. The molecule has 0 unspecified atom stereocenters. The highest BCUT2D eigenvalue weighted by Crippen LogP contribution is 2.32. The van der Waals surface area contributed by atoms with Gasteiger partial charge in [-0.3, -0.25) is 9.10 Å². The maximum absolute atomic E-state index is 13.9. The summed E-state index contributed by atoms with van der Waals surface area (Å²) in [5, 5.41) is 0.258. The minimum absolute atomic E-state index is 0.0151. The molecule has 0 atom stereocenters. The van der Waals surface area contributed by atoms with E-state index in [1.54, 1.807) is 24.3 Å². The molecule has 0 saturated heterocycles. The first kappa shape index (κ1) is 28.7. The van der Waals surface area contributed by atoms with Crippen LogP contribution in [0.15, 0.2) is 132 Å². The number of hydrogen-bond acceptors (Lipinski definition) is 5. The van der Waals surface area contributed by atoms with E-state index in [0.29, 0.717) is 16.8 Å². The zero-order chi connectivity index (χ0) is 29.7. The first-order chi connectivity index (χ1) is 20.2. The Kier molecular flexibility index (Phi) is 8.47. The molecule has 0 spiro atoms. The monoisotopic (exact) mass is 599 g/mol. The second kappa shape index (κ2) is 12.4. The third kappa shape index (κ3) is 6.40. The van der Waals surface area contributed by atoms with Gasteiger partial charge in [0, 0.05) is 11.1 Å². The molecule has 6 nitrogen and oxygen atoms in total.